The Labute approximate surface area is 232 Å². The molecule has 0 aliphatic rings. The maximum atomic E-state index is 16.1. The van der Waals surface area contributed by atoms with Gasteiger partial charge in [0.2, 0.25) is 0 Å². The zero-order chi connectivity index (χ0) is 27.8. The number of benzene rings is 2. The van der Waals surface area contributed by atoms with Crippen molar-refractivity contribution < 1.29 is 8.78 Å². The van der Waals surface area contributed by atoms with E-state index in [1.807, 2.05) is 24.3 Å². The number of rotatable bonds is 7. The van der Waals surface area contributed by atoms with Crippen LogP contribution in [0.25, 0.3) is 56.0 Å². The topological polar surface area (TPSA) is 108 Å². The van der Waals surface area contributed by atoms with Gasteiger partial charge in [0.05, 0.1) is 22.6 Å². The zero-order valence-corrected chi connectivity index (χ0v) is 21.6. The van der Waals surface area contributed by atoms with Gasteiger partial charge in [-0.05, 0) is 35.4 Å². The Morgan fingerprint density at radius 3 is 2.46 bits per heavy atom. The monoisotopic (exact) mass is 544 g/mol. The van der Waals surface area contributed by atoms with Crippen LogP contribution in [0.15, 0.2) is 91.5 Å². The van der Waals surface area contributed by atoms with Gasteiger partial charge in [0.15, 0.2) is 11.6 Å². The summed E-state index contributed by atoms with van der Waals surface area (Å²) in [6, 6.07) is 20.1. The molecule has 0 amide bonds. The summed E-state index contributed by atoms with van der Waals surface area (Å²) in [6.07, 6.45) is 6.45. The average Bonchev–Trinajstić information content (AvgIpc) is 3.63. The highest BCUT2D eigenvalue weighted by Crippen LogP contribution is 2.34. The van der Waals surface area contributed by atoms with E-state index in [0.29, 0.717) is 52.3 Å². The van der Waals surface area contributed by atoms with Gasteiger partial charge in [-0.15, -0.1) is 0 Å². The number of pyridine rings is 3. The average molecular weight is 545 g/mol. The van der Waals surface area contributed by atoms with Crippen molar-refractivity contribution in [2.24, 2.45) is 0 Å². The molecule has 0 saturated heterocycles. The molecule has 5 heterocycles. The molecule has 41 heavy (non-hydrogen) atoms. The number of imidazole rings is 1. The van der Waals surface area contributed by atoms with E-state index in [-0.39, 0.29) is 16.8 Å². The third-order valence-electron chi connectivity index (χ3n) is 6.87. The first-order valence-electron chi connectivity index (χ1n) is 13.0. The van der Waals surface area contributed by atoms with E-state index in [4.69, 9.17) is 0 Å². The van der Waals surface area contributed by atoms with Crippen LogP contribution in [-0.4, -0.2) is 35.1 Å². The van der Waals surface area contributed by atoms with Crippen LogP contribution in [0.3, 0.4) is 0 Å². The van der Waals surface area contributed by atoms with Crippen molar-refractivity contribution in [3.05, 3.63) is 114 Å². The summed E-state index contributed by atoms with van der Waals surface area (Å²) in [5.74, 6) is -0.629. The van der Waals surface area contributed by atoms with E-state index in [9.17, 15) is 4.39 Å². The summed E-state index contributed by atoms with van der Waals surface area (Å²) < 4.78 is 30.7. The highest BCUT2D eigenvalue weighted by atomic mass is 19.1. The Hall–Kier alpha value is -5.35. The normalized spacial score (nSPS) is 11.5. The Bertz CT molecular complexity index is 2020. The minimum Gasteiger partial charge on any atom is -0.336 e. The predicted octanol–water partition coefficient (Wildman–Crippen LogP) is 6.19. The number of aromatic amines is 2. The van der Waals surface area contributed by atoms with Crippen LogP contribution < -0.4 is 5.32 Å². The van der Waals surface area contributed by atoms with E-state index in [0.717, 1.165) is 5.56 Å². The number of fused-ring (bicyclic) bond motifs is 2. The molecule has 0 radical (unpaired) electrons. The van der Waals surface area contributed by atoms with Gasteiger partial charge in [-0.25, -0.2) is 13.8 Å². The second kappa shape index (κ2) is 10.3. The van der Waals surface area contributed by atoms with E-state index >= 15 is 4.39 Å². The molecular weight excluding hydrogens is 522 g/mol. The Kier molecular flexibility index (Phi) is 6.21. The molecule has 200 valence electrons. The quantitative estimate of drug-likeness (QED) is 0.221. The van der Waals surface area contributed by atoms with Crippen LogP contribution in [0.5, 0.6) is 0 Å². The third kappa shape index (κ3) is 4.60. The molecule has 0 spiro atoms. The number of aromatic nitrogens is 7. The van der Waals surface area contributed by atoms with Crippen LogP contribution in [0, 0.1) is 11.6 Å². The van der Waals surface area contributed by atoms with Crippen LogP contribution in [0.2, 0.25) is 0 Å². The van der Waals surface area contributed by atoms with Gasteiger partial charge < -0.3 is 10.3 Å². The second-order valence-corrected chi connectivity index (χ2v) is 9.57. The van der Waals surface area contributed by atoms with Gasteiger partial charge in [-0.2, -0.15) is 5.10 Å². The molecular formula is C31H22F2N8. The number of nitrogens with one attached hydrogen (secondary N) is 3. The van der Waals surface area contributed by atoms with Crippen molar-refractivity contribution in [2.45, 2.75) is 13.1 Å². The largest absolute Gasteiger partial charge is 0.336 e. The maximum absolute atomic E-state index is 16.1. The molecule has 8 nitrogen and oxygen atoms in total. The van der Waals surface area contributed by atoms with E-state index in [2.05, 4.69) is 52.6 Å². The number of nitrogens with zero attached hydrogens (tertiary/aromatic N) is 5. The molecule has 0 fully saturated rings. The molecule has 7 rings (SSSR count). The molecule has 0 aliphatic carbocycles. The molecule has 5 aromatic heterocycles. The Morgan fingerprint density at radius 1 is 0.756 bits per heavy atom. The van der Waals surface area contributed by atoms with Crippen molar-refractivity contribution in [3.8, 4) is 34.0 Å². The van der Waals surface area contributed by atoms with Gasteiger partial charge in [-0.1, -0.05) is 42.5 Å². The maximum Gasteiger partial charge on any atom is 0.161 e. The van der Waals surface area contributed by atoms with Gasteiger partial charge in [-0.3, -0.25) is 20.1 Å². The van der Waals surface area contributed by atoms with E-state index in [1.54, 1.807) is 49.1 Å². The second-order valence-electron chi connectivity index (χ2n) is 9.57. The molecule has 2 aromatic carbocycles. The van der Waals surface area contributed by atoms with E-state index < -0.39 is 11.6 Å². The molecule has 3 N–H and O–H groups in total. The molecule has 0 unspecified atom stereocenters. The lowest BCUT2D eigenvalue weighted by Crippen LogP contribution is -2.12. The van der Waals surface area contributed by atoms with Crippen LogP contribution in [0.1, 0.15) is 11.1 Å². The number of hydrogen-bond donors (Lipinski definition) is 3. The summed E-state index contributed by atoms with van der Waals surface area (Å²) in [7, 11) is 0. The number of halogens is 2. The first-order valence-corrected chi connectivity index (χ1v) is 13.0. The lowest BCUT2D eigenvalue weighted by molar-refractivity contribution is 0.631. The Morgan fingerprint density at radius 2 is 1.59 bits per heavy atom. The highest BCUT2D eigenvalue weighted by Gasteiger charge is 2.22. The van der Waals surface area contributed by atoms with Gasteiger partial charge in [0, 0.05) is 42.8 Å². The molecule has 10 heteroatoms. The standard InChI is InChI=1S/C31H22F2N8/c32-22-9-5-4-8-21(22)28-29-23(10-11-36-28)38-31(39-29)30-25-24(40-41-30)17-37-27(26(25)33)20-12-19(15-35-16-20)14-34-13-18-6-2-1-3-7-18/h1-12,15-17,34H,13-14H2,(H,38,39)(H,40,41). The summed E-state index contributed by atoms with van der Waals surface area (Å²) in [6.45, 7) is 1.27. The lowest BCUT2D eigenvalue weighted by atomic mass is 10.1. The molecule has 0 bridgehead atoms. The van der Waals surface area contributed by atoms with Crippen LogP contribution in [0.4, 0.5) is 8.78 Å². The zero-order valence-electron chi connectivity index (χ0n) is 21.6. The first-order chi connectivity index (χ1) is 20.2. The van der Waals surface area contributed by atoms with Crippen molar-refractivity contribution in [1.29, 1.82) is 0 Å². The van der Waals surface area contributed by atoms with Crippen LogP contribution >= 0.6 is 0 Å². The minimum absolute atomic E-state index is 0.155. The fourth-order valence-corrected chi connectivity index (χ4v) is 4.91. The van der Waals surface area contributed by atoms with Gasteiger partial charge in [0.1, 0.15) is 28.4 Å². The van der Waals surface area contributed by atoms with Crippen LogP contribution in [-0.2, 0) is 13.1 Å². The number of H-pyrrole nitrogens is 2. The lowest BCUT2D eigenvalue weighted by Gasteiger charge is -2.08. The molecule has 7 aromatic rings. The SMILES string of the molecule is Fc1ccccc1-c1nccc2[nH]c(-c3n[nH]c4cnc(-c5cncc(CNCc6ccccc6)c5)c(F)c34)nc12. The minimum atomic E-state index is -0.546. The summed E-state index contributed by atoms with van der Waals surface area (Å²) in [5.41, 5.74) is 5.27. The molecule has 0 aliphatic heterocycles. The highest BCUT2D eigenvalue weighted by molar-refractivity contribution is 5.97. The summed E-state index contributed by atoms with van der Waals surface area (Å²) in [4.78, 5) is 20.9. The van der Waals surface area contributed by atoms with Gasteiger partial charge in [0.25, 0.3) is 0 Å². The smallest absolute Gasteiger partial charge is 0.161 e. The van der Waals surface area contributed by atoms with Gasteiger partial charge >= 0.3 is 0 Å². The Balaban J connectivity index is 1.24. The molecule has 0 saturated carbocycles. The fourth-order valence-electron chi connectivity index (χ4n) is 4.91. The summed E-state index contributed by atoms with van der Waals surface area (Å²) >= 11 is 0. The van der Waals surface area contributed by atoms with Crippen molar-refractivity contribution in [1.82, 2.24) is 40.4 Å². The first kappa shape index (κ1) is 24.7. The van der Waals surface area contributed by atoms with Crippen molar-refractivity contribution in [2.75, 3.05) is 0 Å². The van der Waals surface area contributed by atoms with Crippen molar-refractivity contribution >= 4 is 21.9 Å². The van der Waals surface area contributed by atoms with E-state index in [1.165, 1.54) is 11.6 Å². The summed E-state index contributed by atoms with van der Waals surface area (Å²) in [5, 5.41) is 10.8. The number of hydrogen-bond acceptors (Lipinski definition) is 6. The predicted molar refractivity (Wildman–Crippen MR) is 152 cm³/mol. The molecule has 0 atom stereocenters. The fraction of sp³-hybridized carbons (Fsp3) is 0.0645. The third-order valence-corrected chi connectivity index (χ3v) is 6.87. The van der Waals surface area contributed by atoms with Crippen molar-refractivity contribution in [3.63, 3.8) is 0 Å².